The highest BCUT2D eigenvalue weighted by atomic mass is 16.5. The topological polar surface area (TPSA) is 75.6 Å². The van der Waals surface area contributed by atoms with Crippen molar-refractivity contribution >= 4 is 11.9 Å². The standard InChI is InChI=1S/C23H31NO4/c1-7-11-17-19(18(12-8-2)23(5,6)24-22(17,3)4)28-21(27)16-14-10-9-13-15(16)20(25)26/h7-10,13-14,17-19,24H,1-2,11-12H2,3-6H3,(H,25,26). The SMILES string of the molecule is C=CCC1C(OC(=O)c2ccccc2C(=O)O)C(CC=C)C(C)(C)NC1(C)C. The van der Waals surface area contributed by atoms with Crippen molar-refractivity contribution in [3.05, 3.63) is 60.7 Å². The summed E-state index contributed by atoms with van der Waals surface area (Å²) in [6.45, 7) is 16.1. The molecule has 2 rings (SSSR count). The molecule has 5 heteroatoms. The van der Waals surface area contributed by atoms with Crippen LogP contribution in [0.15, 0.2) is 49.6 Å². The van der Waals surface area contributed by atoms with Gasteiger partial charge in [-0.05, 0) is 52.7 Å². The molecule has 152 valence electrons. The van der Waals surface area contributed by atoms with E-state index in [0.29, 0.717) is 12.8 Å². The molecule has 0 aromatic heterocycles. The lowest BCUT2D eigenvalue weighted by atomic mass is 9.64. The van der Waals surface area contributed by atoms with Gasteiger partial charge in [-0.3, -0.25) is 0 Å². The Morgan fingerprint density at radius 3 is 1.93 bits per heavy atom. The van der Waals surface area contributed by atoms with Gasteiger partial charge < -0.3 is 15.2 Å². The zero-order chi connectivity index (χ0) is 21.1. The minimum atomic E-state index is -1.15. The van der Waals surface area contributed by atoms with Gasteiger partial charge in [-0.2, -0.15) is 0 Å². The maximum Gasteiger partial charge on any atom is 0.339 e. The molecule has 0 spiro atoms. The molecule has 1 aliphatic heterocycles. The summed E-state index contributed by atoms with van der Waals surface area (Å²) in [5.41, 5.74) is -0.585. The van der Waals surface area contributed by atoms with Gasteiger partial charge in [0.1, 0.15) is 6.10 Å². The Hall–Kier alpha value is -2.40. The summed E-state index contributed by atoms with van der Waals surface area (Å²) in [4.78, 5) is 24.5. The zero-order valence-corrected chi connectivity index (χ0v) is 17.2. The first-order valence-corrected chi connectivity index (χ1v) is 9.59. The van der Waals surface area contributed by atoms with Crippen LogP contribution in [0, 0.1) is 11.8 Å². The molecule has 0 bridgehead atoms. The quantitative estimate of drug-likeness (QED) is 0.535. The number of ether oxygens (including phenoxy) is 1. The highest BCUT2D eigenvalue weighted by Gasteiger charge is 2.52. The lowest BCUT2D eigenvalue weighted by Crippen LogP contribution is -2.69. The van der Waals surface area contributed by atoms with Gasteiger partial charge in [0.25, 0.3) is 0 Å². The molecule has 5 nitrogen and oxygen atoms in total. The van der Waals surface area contributed by atoms with Crippen LogP contribution in [0.1, 0.15) is 61.3 Å². The van der Waals surface area contributed by atoms with Crippen molar-refractivity contribution in [3.63, 3.8) is 0 Å². The van der Waals surface area contributed by atoms with Crippen molar-refractivity contribution in [2.24, 2.45) is 11.8 Å². The molecule has 0 amide bonds. The summed E-state index contributed by atoms with van der Waals surface area (Å²) in [5, 5.41) is 13.1. The molecule has 1 aromatic rings. The summed E-state index contributed by atoms with van der Waals surface area (Å²) in [7, 11) is 0. The summed E-state index contributed by atoms with van der Waals surface area (Å²) in [5.74, 6) is -1.78. The molecule has 0 radical (unpaired) electrons. The van der Waals surface area contributed by atoms with E-state index in [1.807, 2.05) is 12.2 Å². The lowest BCUT2D eigenvalue weighted by Gasteiger charge is -2.55. The van der Waals surface area contributed by atoms with Crippen LogP contribution >= 0.6 is 0 Å². The Morgan fingerprint density at radius 2 is 1.50 bits per heavy atom. The molecule has 1 fully saturated rings. The van der Waals surface area contributed by atoms with Crippen molar-refractivity contribution in [1.82, 2.24) is 5.32 Å². The second-order valence-electron chi connectivity index (χ2n) is 8.55. The number of esters is 1. The van der Waals surface area contributed by atoms with Crippen LogP contribution in [0.3, 0.4) is 0 Å². The Morgan fingerprint density at radius 1 is 1.04 bits per heavy atom. The molecule has 2 atom stereocenters. The third-order valence-electron chi connectivity index (χ3n) is 5.75. The number of nitrogens with one attached hydrogen (secondary N) is 1. The summed E-state index contributed by atoms with van der Waals surface area (Å²) < 4.78 is 6.03. The van der Waals surface area contributed by atoms with E-state index in [2.05, 4.69) is 46.2 Å². The van der Waals surface area contributed by atoms with Crippen molar-refractivity contribution < 1.29 is 19.4 Å². The van der Waals surface area contributed by atoms with E-state index in [1.54, 1.807) is 12.1 Å². The zero-order valence-electron chi connectivity index (χ0n) is 17.2. The number of carbonyl (C=O) groups excluding carboxylic acids is 1. The van der Waals surface area contributed by atoms with E-state index in [1.165, 1.54) is 12.1 Å². The monoisotopic (exact) mass is 385 g/mol. The second-order valence-corrected chi connectivity index (χ2v) is 8.55. The first kappa shape index (κ1) is 21.9. The van der Waals surface area contributed by atoms with Gasteiger partial charge in [0.2, 0.25) is 0 Å². The van der Waals surface area contributed by atoms with Crippen LogP contribution in [-0.4, -0.2) is 34.2 Å². The Labute approximate surface area is 167 Å². The van der Waals surface area contributed by atoms with Crippen molar-refractivity contribution in [3.8, 4) is 0 Å². The minimum absolute atomic E-state index is 0.0103. The molecule has 1 aromatic carbocycles. The van der Waals surface area contributed by atoms with Crippen LogP contribution in [0.2, 0.25) is 0 Å². The summed E-state index contributed by atoms with van der Waals surface area (Å²) in [6.07, 6.45) is 4.61. The number of rotatable bonds is 7. The van der Waals surface area contributed by atoms with Crippen LogP contribution < -0.4 is 5.32 Å². The van der Waals surface area contributed by atoms with E-state index in [0.717, 1.165) is 0 Å². The number of carboxylic acids is 1. The lowest BCUT2D eigenvalue weighted by molar-refractivity contribution is -0.0829. The molecular formula is C23H31NO4. The highest BCUT2D eigenvalue weighted by molar-refractivity contribution is 6.02. The van der Waals surface area contributed by atoms with E-state index in [-0.39, 0.29) is 34.0 Å². The Kier molecular flexibility index (Phi) is 6.50. The first-order valence-electron chi connectivity index (χ1n) is 9.59. The highest BCUT2D eigenvalue weighted by Crippen LogP contribution is 2.43. The fourth-order valence-electron chi connectivity index (χ4n) is 4.53. The van der Waals surface area contributed by atoms with Crippen LogP contribution in [0.4, 0.5) is 0 Å². The Bertz CT molecular complexity index is 738. The van der Waals surface area contributed by atoms with Crippen LogP contribution in [0.25, 0.3) is 0 Å². The minimum Gasteiger partial charge on any atom is -0.478 e. The van der Waals surface area contributed by atoms with Gasteiger partial charge in [0.05, 0.1) is 11.1 Å². The molecule has 0 aliphatic carbocycles. The molecule has 2 unspecified atom stereocenters. The largest absolute Gasteiger partial charge is 0.478 e. The fourth-order valence-corrected chi connectivity index (χ4v) is 4.53. The molecule has 1 heterocycles. The Balaban J connectivity index is 2.46. The molecule has 1 aliphatic rings. The number of carbonyl (C=O) groups is 2. The summed E-state index contributed by atoms with van der Waals surface area (Å²) in [6, 6.07) is 6.14. The van der Waals surface area contributed by atoms with Gasteiger partial charge in [0.15, 0.2) is 0 Å². The van der Waals surface area contributed by atoms with Gasteiger partial charge in [-0.25, -0.2) is 9.59 Å². The van der Waals surface area contributed by atoms with Gasteiger partial charge in [0, 0.05) is 22.9 Å². The van der Waals surface area contributed by atoms with E-state index < -0.39 is 18.0 Å². The van der Waals surface area contributed by atoms with E-state index >= 15 is 0 Å². The normalized spacial score (nSPS) is 25.5. The van der Waals surface area contributed by atoms with Crippen LogP contribution in [-0.2, 0) is 4.74 Å². The van der Waals surface area contributed by atoms with Gasteiger partial charge in [-0.1, -0.05) is 24.3 Å². The average molecular weight is 386 g/mol. The number of hydrogen-bond donors (Lipinski definition) is 2. The third-order valence-corrected chi connectivity index (χ3v) is 5.75. The average Bonchev–Trinajstić information content (AvgIpc) is 2.60. The molecular weight excluding hydrogens is 354 g/mol. The molecule has 0 saturated carbocycles. The number of allylic oxidation sites excluding steroid dienone is 2. The number of piperidine rings is 1. The van der Waals surface area contributed by atoms with Crippen LogP contribution in [0.5, 0.6) is 0 Å². The number of hydrogen-bond acceptors (Lipinski definition) is 4. The maximum atomic E-state index is 13.0. The number of benzene rings is 1. The first-order chi connectivity index (χ1) is 13.0. The van der Waals surface area contributed by atoms with Gasteiger partial charge in [-0.15, -0.1) is 13.2 Å². The van der Waals surface area contributed by atoms with Gasteiger partial charge >= 0.3 is 11.9 Å². The van der Waals surface area contributed by atoms with E-state index in [4.69, 9.17) is 4.74 Å². The van der Waals surface area contributed by atoms with Crippen molar-refractivity contribution in [1.29, 1.82) is 0 Å². The van der Waals surface area contributed by atoms with Crippen molar-refractivity contribution in [2.45, 2.75) is 57.7 Å². The fraction of sp³-hybridized carbons (Fsp3) is 0.478. The smallest absolute Gasteiger partial charge is 0.339 e. The maximum absolute atomic E-state index is 13.0. The van der Waals surface area contributed by atoms with E-state index in [9.17, 15) is 14.7 Å². The number of carboxylic acid groups (broad SMARTS) is 1. The molecule has 1 saturated heterocycles. The third kappa shape index (κ3) is 4.36. The number of aromatic carboxylic acids is 1. The molecule has 2 N–H and O–H groups in total. The second kappa shape index (κ2) is 8.31. The summed E-state index contributed by atoms with van der Waals surface area (Å²) >= 11 is 0. The molecule has 28 heavy (non-hydrogen) atoms. The predicted octanol–water partition coefficient (Wildman–Crippen LogP) is 4.46. The van der Waals surface area contributed by atoms with Crippen molar-refractivity contribution in [2.75, 3.05) is 0 Å². The predicted molar refractivity (Wildman–Crippen MR) is 111 cm³/mol.